The molecule has 0 spiro atoms. The topological polar surface area (TPSA) is 93.9 Å². The van der Waals surface area contributed by atoms with Crippen LogP contribution in [-0.2, 0) is 27.4 Å². The van der Waals surface area contributed by atoms with Crippen LogP contribution in [-0.4, -0.2) is 33.6 Å². The van der Waals surface area contributed by atoms with Gasteiger partial charge in [-0.3, -0.25) is 4.21 Å². The van der Waals surface area contributed by atoms with Crippen LogP contribution in [0.15, 0.2) is 34.3 Å². The number of hydrogen-bond donors (Lipinski definition) is 1. The SMILES string of the molecule is CCn1c(C(C)NS(=O)(=O)c2ccc(Cl)cc2)nnc1S(C)=O. The standard InChI is InChI=1S/C13H17ClN4O3S2/c1-4-18-12(15-16-13(18)22(3)19)9(2)17-23(20,21)11-7-5-10(14)6-8-11/h5-9,17H,4H2,1-3H3. The molecule has 0 saturated heterocycles. The highest BCUT2D eigenvalue weighted by atomic mass is 35.5. The average molecular weight is 377 g/mol. The molecule has 0 fully saturated rings. The fraction of sp³-hybridized carbons (Fsp3) is 0.385. The van der Waals surface area contributed by atoms with Gasteiger partial charge in [0.05, 0.1) is 21.7 Å². The van der Waals surface area contributed by atoms with Crippen LogP contribution in [0.4, 0.5) is 0 Å². The summed E-state index contributed by atoms with van der Waals surface area (Å²) in [6, 6.07) is 5.24. The molecule has 2 atom stereocenters. The number of nitrogens with one attached hydrogen (secondary N) is 1. The third-order valence-corrected chi connectivity index (χ3v) is 5.79. The van der Waals surface area contributed by atoms with E-state index in [1.807, 2.05) is 6.92 Å². The van der Waals surface area contributed by atoms with E-state index in [1.54, 1.807) is 11.5 Å². The third kappa shape index (κ3) is 3.97. The Kier molecular flexibility index (Phi) is 5.56. The third-order valence-electron chi connectivity index (χ3n) is 3.16. The second-order valence-corrected chi connectivity index (χ2v) is 8.26. The van der Waals surface area contributed by atoms with E-state index < -0.39 is 26.9 Å². The van der Waals surface area contributed by atoms with Gasteiger partial charge >= 0.3 is 0 Å². The Balaban J connectivity index is 2.30. The van der Waals surface area contributed by atoms with E-state index >= 15 is 0 Å². The number of aromatic nitrogens is 3. The quantitative estimate of drug-likeness (QED) is 0.828. The van der Waals surface area contributed by atoms with Gasteiger partial charge in [-0.15, -0.1) is 10.2 Å². The Morgan fingerprint density at radius 2 is 1.91 bits per heavy atom. The smallest absolute Gasteiger partial charge is 0.241 e. The molecular formula is C13H17ClN4O3S2. The van der Waals surface area contributed by atoms with Crippen LogP contribution in [0, 0.1) is 0 Å². The molecule has 0 amide bonds. The summed E-state index contributed by atoms with van der Waals surface area (Å²) in [6.45, 7) is 4.00. The number of nitrogens with zero attached hydrogens (tertiary/aromatic N) is 3. The van der Waals surface area contributed by atoms with Gasteiger partial charge < -0.3 is 4.57 Å². The van der Waals surface area contributed by atoms with Crippen LogP contribution in [0.5, 0.6) is 0 Å². The molecule has 1 N–H and O–H groups in total. The first-order chi connectivity index (χ1) is 10.8. The molecule has 0 aliphatic carbocycles. The summed E-state index contributed by atoms with van der Waals surface area (Å²) in [4.78, 5) is 0.107. The van der Waals surface area contributed by atoms with Crippen molar-refractivity contribution in [2.75, 3.05) is 6.26 Å². The van der Waals surface area contributed by atoms with Crippen LogP contribution in [0.2, 0.25) is 5.02 Å². The zero-order chi connectivity index (χ0) is 17.2. The summed E-state index contributed by atoms with van der Waals surface area (Å²) in [6.07, 6.45) is 1.50. The lowest BCUT2D eigenvalue weighted by atomic mass is 10.3. The van der Waals surface area contributed by atoms with E-state index in [1.165, 1.54) is 30.5 Å². The van der Waals surface area contributed by atoms with Gasteiger partial charge in [0.15, 0.2) is 5.82 Å². The summed E-state index contributed by atoms with van der Waals surface area (Å²) in [5.41, 5.74) is 0. The van der Waals surface area contributed by atoms with E-state index in [0.29, 0.717) is 22.5 Å². The van der Waals surface area contributed by atoms with E-state index in [2.05, 4.69) is 14.9 Å². The van der Waals surface area contributed by atoms with Crippen molar-refractivity contribution < 1.29 is 12.6 Å². The highest BCUT2D eigenvalue weighted by Gasteiger charge is 2.24. The first kappa shape index (κ1) is 18.1. The van der Waals surface area contributed by atoms with Crippen LogP contribution in [0.1, 0.15) is 25.7 Å². The van der Waals surface area contributed by atoms with Crippen LogP contribution >= 0.6 is 11.6 Å². The van der Waals surface area contributed by atoms with Gasteiger partial charge in [0, 0.05) is 17.8 Å². The fourth-order valence-corrected chi connectivity index (χ4v) is 4.11. The summed E-state index contributed by atoms with van der Waals surface area (Å²) < 4.78 is 40.6. The molecule has 23 heavy (non-hydrogen) atoms. The van der Waals surface area contributed by atoms with E-state index in [0.717, 1.165) is 0 Å². The van der Waals surface area contributed by atoms with E-state index in [-0.39, 0.29) is 4.90 Å². The molecule has 2 unspecified atom stereocenters. The Morgan fingerprint density at radius 3 is 2.43 bits per heavy atom. The predicted octanol–water partition coefficient (Wildman–Crippen LogP) is 1.73. The maximum Gasteiger partial charge on any atom is 0.241 e. The van der Waals surface area contributed by atoms with Gasteiger partial charge in [0.2, 0.25) is 15.2 Å². The lowest BCUT2D eigenvalue weighted by Crippen LogP contribution is -2.29. The molecule has 126 valence electrons. The molecule has 0 saturated carbocycles. The molecule has 10 heteroatoms. The molecule has 0 aliphatic heterocycles. The van der Waals surface area contributed by atoms with Crippen LogP contribution in [0.3, 0.4) is 0 Å². The first-order valence-corrected chi connectivity index (χ1v) is 10.2. The summed E-state index contributed by atoms with van der Waals surface area (Å²) in [5, 5.41) is 8.63. The minimum absolute atomic E-state index is 0.107. The molecule has 0 aliphatic rings. The fourth-order valence-electron chi connectivity index (χ4n) is 2.10. The predicted molar refractivity (Wildman–Crippen MR) is 88.2 cm³/mol. The maximum absolute atomic E-state index is 12.4. The molecule has 1 heterocycles. The van der Waals surface area contributed by atoms with Crippen molar-refractivity contribution in [2.24, 2.45) is 0 Å². The van der Waals surface area contributed by atoms with Gasteiger partial charge in [-0.05, 0) is 38.1 Å². The highest BCUT2D eigenvalue weighted by molar-refractivity contribution is 7.89. The number of benzene rings is 1. The zero-order valence-corrected chi connectivity index (χ0v) is 15.2. The van der Waals surface area contributed by atoms with E-state index in [4.69, 9.17) is 11.6 Å². The van der Waals surface area contributed by atoms with E-state index in [9.17, 15) is 12.6 Å². The van der Waals surface area contributed by atoms with Gasteiger partial charge in [-0.25, -0.2) is 13.1 Å². The second kappa shape index (κ2) is 7.08. The summed E-state index contributed by atoms with van der Waals surface area (Å²) >= 11 is 5.77. The van der Waals surface area contributed by atoms with Crippen molar-refractivity contribution >= 4 is 32.4 Å². The average Bonchev–Trinajstić information content (AvgIpc) is 2.91. The lowest BCUT2D eigenvalue weighted by Gasteiger charge is -2.15. The van der Waals surface area contributed by atoms with Crippen molar-refractivity contribution in [1.82, 2.24) is 19.5 Å². The number of sulfonamides is 1. The molecule has 1 aromatic heterocycles. The minimum Gasteiger partial charge on any atom is -0.303 e. The number of hydrogen-bond acceptors (Lipinski definition) is 5. The van der Waals surface area contributed by atoms with Gasteiger partial charge in [-0.1, -0.05) is 11.6 Å². The van der Waals surface area contributed by atoms with Crippen molar-refractivity contribution in [3.63, 3.8) is 0 Å². The molecule has 0 bridgehead atoms. The largest absolute Gasteiger partial charge is 0.303 e. The van der Waals surface area contributed by atoms with Crippen LogP contribution < -0.4 is 4.72 Å². The Morgan fingerprint density at radius 1 is 1.30 bits per heavy atom. The summed E-state index contributed by atoms with van der Waals surface area (Å²) in [7, 11) is -5.03. The molecular weight excluding hydrogens is 360 g/mol. The normalized spacial score (nSPS) is 14.6. The number of halogens is 1. The lowest BCUT2D eigenvalue weighted by molar-refractivity contribution is 0.538. The van der Waals surface area contributed by atoms with Crippen molar-refractivity contribution in [3.05, 3.63) is 35.1 Å². The van der Waals surface area contributed by atoms with Crippen LogP contribution in [0.25, 0.3) is 0 Å². The molecule has 0 radical (unpaired) electrons. The maximum atomic E-state index is 12.4. The Hall–Kier alpha value is -1.29. The molecule has 1 aromatic carbocycles. The molecule has 2 rings (SSSR count). The monoisotopic (exact) mass is 376 g/mol. The Labute approximate surface area is 142 Å². The second-order valence-electron chi connectivity index (χ2n) is 4.84. The molecule has 7 nitrogen and oxygen atoms in total. The minimum atomic E-state index is -3.73. The van der Waals surface area contributed by atoms with Gasteiger partial charge in [0.25, 0.3) is 0 Å². The first-order valence-electron chi connectivity index (χ1n) is 6.80. The van der Waals surface area contributed by atoms with Crippen molar-refractivity contribution in [1.29, 1.82) is 0 Å². The highest BCUT2D eigenvalue weighted by Crippen LogP contribution is 2.19. The van der Waals surface area contributed by atoms with Gasteiger partial charge in [-0.2, -0.15) is 0 Å². The zero-order valence-electron chi connectivity index (χ0n) is 12.9. The molecule has 2 aromatic rings. The van der Waals surface area contributed by atoms with Crippen molar-refractivity contribution in [2.45, 2.75) is 36.5 Å². The number of rotatable bonds is 6. The van der Waals surface area contributed by atoms with Gasteiger partial charge in [0.1, 0.15) is 0 Å². The summed E-state index contributed by atoms with van der Waals surface area (Å²) in [5.74, 6) is 0.412. The Bertz CT molecular complexity index is 818. The van der Waals surface area contributed by atoms with Crippen molar-refractivity contribution in [3.8, 4) is 0 Å².